The van der Waals surface area contributed by atoms with E-state index in [2.05, 4.69) is 20.3 Å². The fourth-order valence-electron chi connectivity index (χ4n) is 3.81. The van der Waals surface area contributed by atoms with Gasteiger partial charge in [-0.25, -0.2) is 9.97 Å². The number of aromatic nitrogens is 3. The maximum absolute atomic E-state index is 13.1. The lowest BCUT2D eigenvalue weighted by Gasteiger charge is -2.19. The Balaban J connectivity index is 1.65. The second kappa shape index (κ2) is 9.61. The van der Waals surface area contributed by atoms with Gasteiger partial charge >= 0.3 is 6.18 Å². The summed E-state index contributed by atoms with van der Waals surface area (Å²) in [5, 5.41) is 3.84. The second-order valence-electron chi connectivity index (χ2n) is 8.40. The molecule has 0 saturated heterocycles. The highest BCUT2D eigenvalue weighted by Crippen LogP contribution is 2.38. The highest BCUT2D eigenvalue weighted by Gasteiger charge is 2.32. The number of aryl methyl sites for hydroxylation is 1. The van der Waals surface area contributed by atoms with E-state index in [1.54, 1.807) is 40.2 Å². The first-order chi connectivity index (χ1) is 16.2. The predicted molar refractivity (Wildman–Crippen MR) is 121 cm³/mol. The molecule has 1 N–H and O–H groups in total. The summed E-state index contributed by atoms with van der Waals surface area (Å²) < 4.78 is 56.5. The predicted octanol–water partition coefficient (Wildman–Crippen LogP) is 5.34. The molecule has 1 saturated carbocycles. The molecule has 4 rings (SSSR count). The Labute approximate surface area is 195 Å². The molecule has 2 atom stereocenters. The van der Waals surface area contributed by atoms with Crippen LogP contribution in [0.2, 0.25) is 0 Å². The van der Waals surface area contributed by atoms with Crippen LogP contribution in [0.3, 0.4) is 0 Å². The fourth-order valence-corrected chi connectivity index (χ4v) is 3.81. The molecular formula is C24H27F3N4O3. The number of halogens is 3. The average molecular weight is 476 g/mol. The van der Waals surface area contributed by atoms with Crippen molar-refractivity contribution < 1.29 is 27.4 Å². The summed E-state index contributed by atoms with van der Waals surface area (Å²) >= 11 is 0. The zero-order valence-electron chi connectivity index (χ0n) is 19.4. The minimum Gasteiger partial charge on any atom is -0.493 e. The van der Waals surface area contributed by atoms with Crippen molar-refractivity contribution in [2.45, 2.75) is 45.0 Å². The number of ether oxygens (including phenoxy) is 3. The lowest BCUT2D eigenvalue weighted by atomic mass is 10.1. The summed E-state index contributed by atoms with van der Waals surface area (Å²) in [5.41, 5.74) is 0.115. The molecule has 1 aliphatic rings. The number of rotatable bonds is 9. The standard InChI is InChI=1S/C24H27F3N4O3/c1-13(18-9-16(7-8-28-18)24(25,26)27)29-23-17-10-21(34-12-22(33-4)15-5-6-15)20(32-3)11-19(17)30-14(2)31-23/h7-11,13,15,22H,5-6,12H2,1-4H3,(H,29,30,31)/t13-,22?/m1/s1. The Kier molecular flexibility index (Phi) is 6.79. The van der Waals surface area contributed by atoms with Crippen LogP contribution < -0.4 is 14.8 Å². The molecule has 1 fully saturated rings. The van der Waals surface area contributed by atoms with Crippen LogP contribution in [0.25, 0.3) is 10.9 Å². The number of hydrogen-bond donors (Lipinski definition) is 1. The zero-order chi connectivity index (χ0) is 24.5. The van der Waals surface area contributed by atoms with Crippen molar-refractivity contribution in [2.75, 3.05) is 26.1 Å². The van der Waals surface area contributed by atoms with E-state index in [9.17, 15) is 13.2 Å². The molecule has 1 aromatic carbocycles. The number of anilines is 1. The number of benzene rings is 1. The van der Waals surface area contributed by atoms with Gasteiger partial charge in [-0.15, -0.1) is 0 Å². The monoisotopic (exact) mass is 476 g/mol. The van der Waals surface area contributed by atoms with Gasteiger partial charge in [-0.1, -0.05) is 0 Å². The first-order valence-electron chi connectivity index (χ1n) is 11.0. The molecule has 2 heterocycles. The Bertz CT molecular complexity index is 1170. The van der Waals surface area contributed by atoms with Crippen molar-refractivity contribution in [1.29, 1.82) is 0 Å². The van der Waals surface area contributed by atoms with Crippen molar-refractivity contribution >= 4 is 16.7 Å². The quantitative estimate of drug-likeness (QED) is 0.447. The summed E-state index contributed by atoms with van der Waals surface area (Å²) in [6.45, 7) is 3.85. The van der Waals surface area contributed by atoms with Gasteiger partial charge in [0.2, 0.25) is 0 Å². The molecule has 3 aromatic rings. The third-order valence-corrected chi connectivity index (χ3v) is 5.85. The lowest BCUT2D eigenvalue weighted by Crippen LogP contribution is -2.22. The minimum absolute atomic E-state index is 0.000674. The Morgan fingerprint density at radius 1 is 1.12 bits per heavy atom. The third-order valence-electron chi connectivity index (χ3n) is 5.85. The van der Waals surface area contributed by atoms with Gasteiger partial charge in [-0.2, -0.15) is 13.2 Å². The van der Waals surface area contributed by atoms with Crippen LogP contribution in [0, 0.1) is 12.8 Å². The van der Waals surface area contributed by atoms with E-state index < -0.39 is 17.8 Å². The molecular weight excluding hydrogens is 449 g/mol. The number of nitrogens with zero attached hydrogens (tertiary/aromatic N) is 3. The van der Waals surface area contributed by atoms with Crippen LogP contribution in [0.1, 0.15) is 42.9 Å². The van der Waals surface area contributed by atoms with E-state index in [1.165, 1.54) is 0 Å². The molecule has 1 aliphatic carbocycles. The first kappa shape index (κ1) is 24.0. The molecule has 1 unspecified atom stereocenters. The number of nitrogens with one attached hydrogen (secondary N) is 1. The van der Waals surface area contributed by atoms with Crippen molar-refractivity contribution in [3.8, 4) is 11.5 Å². The number of fused-ring (bicyclic) bond motifs is 1. The maximum atomic E-state index is 13.1. The summed E-state index contributed by atoms with van der Waals surface area (Å²) in [6.07, 6.45) is -1.04. The van der Waals surface area contributed by atoms with Gasteiger partial charge < -0.3 is 19.5 Å². The van der Waals surface area contributed by atoms with Crippen LogP contribution in [-0.2, 0) is 10.9 Å². The largest absolute Gasteiger partial charge is 0.493 e. The van der Waals surface area contributed by atoms with Crippen molar-refractivity contribution in [1.82, 2.24) is 15.0 Å². The molecule has 0 aliphatic heterocycles. The van der Waals surface area contributed by atoms with Gasteiger partial charge in [0.05, 0.1) is 36.0 Å². The number of alkyl halides is 3. The van der Waals surface area contributed by atoms with Gasteiger partial charge in [0, 0.05) is 24.8 Å². The Morgan fingerprint density at radius 3 is 2.53 bits per heavy atom. The minimum atomic E-state index is -4.45. The van der Waals surface area contributed by atoms with E-state index in [4.69, 9.17) is 14.2 Å². The van der Waals surface area contributed by atoms with Crippen LogP contribution in [0.5, 0.6) is 11.5 Å². The SMILES string of the molecule is COc1cc2nc(C)nc(N[C@H](C)c3cc(C(F)(F)F)ccn3)c2cc1OCC(OC)C1CC1. The van der Waals surface area contributed by atoms with Crippen molar-refractivity contribution in [2.24, 2.45) is 5.92 Å². The molecule has 0 amide bonds. The number of methoxy groups -OCH3 is 2. The summed E-state index contributed by atoms with van der Waals surface area (Å²) in [5.74, 6) is 2.50. The molecule has 0 spiro atoms. The van der Waals surface area contributed by atoms with Crippen molar-refractivity contribution in [3.63, 3.8) is 0 Å². The topological polar surface area (TPSA) is 78.4 Å². The second-order valence-corrected chi connectivity index (χ2v) is 8.40. The fraction of sp³-hybridized carbons (Fsp3) is 0.458. The van der Waals surface area contributed by atoms with Crippen LogP contribution in [0.15, 0.2) is 30.5 Å². The molecule has 7 nitrogen and oxygen atoms in total. The lowest BCUT2D eigenvalue weighted by molar-refractivity contribution is -0.137. The smallest absolute Gasteiger partial charge is 0.416 e. The third kappa shape index (κ3) is 5.32. The molecule has 0 radical (unpaired) electrons. The van der Waals surface area contributed by atoms with Crippen LogP contribution in [0.4, 0.5) is 19.0 Å². The molecule has 182 valence electrons. The Morgan fingerprint density at radius 2 is 1.88 bits per heavy atom. The molecule has 10 heteroatoms. The summed E-state index contributed by atoms with van der Waals surface area (Å²) in [7, 11) is 3.23. The highest BCUT2D eigenvalue weighted by molar-refractivity contribution is 5.92. The molecule has 0 bridgehead atoms. The van der Waals surface area contributed by atoms with Gasteiger partial charge in [0.1, 0.15) is 18.2 Å². The first-order valence-corrected chi connectivity index (χ1v) is 11.0. The normalized spacial score (nSPS) is 15.7. The van der Waals surface area contributed by atoms with E-state index in [1.807, 2.05) is 0 Å². The van der Waals surface area contributed by atoms with Crippen LogP contribution in [-0.4, -0.2) is 41.9 Å². The summed E-state index contributed by atoms with van der Waals surface area (Å²) in [4.78, 5) is 13.1. The molecule has 34 heavy (non-hydrogen) atoms. The van der Waals surface area contributed by atoms with Crippen molar-refractivity contribution in [3.05, 3.63) is 47.5 Å². The van der Waals surface area contributed by atoms with E-state index >= 15 is 0 Å². The Hall–Kier alpha value is -3.14. The van der Waals surface area contributed by atoms with E-state index in [0.29, 0.717) is 46.6 Å². The zero-order valence-corrected chi connectivity index (χ0v) is 19.4. The maximum Gasteiger partial charge on any atom is 0.416 e. The van der Waals surface area contributed by atoms with Gasteiger partial charge in [-0.05, 0) is 50.8 Å². The summed E-state index contributed by atoms with van der Waals surface area (Å²) in [6, 6.07) is 4.98. The van der Waals surface area contributed by atoms with E-state index in [-0.39, 0.29) is 11.8 Å². The average Bonchev–Trinajstić information content (AvgIpc) is 3.64. The van der Waals surface area contributed by atoms with Crippen LogP contribution >= 0.6 is 0 Å². The van der Waals surface area contributed by atoms with Gasteiger partial charge in [0.25, 0.3) is 0 Å². The number of hydrogen-bond acceptors (Lipinski definition) is 7. The molecule has 2 aromatic heterocycles. The highest BCUT2D eigenvalue weighted by atomic mass is 19.4. The van der Waals surface area contributed by atoms with Gasteiger partial charge in [0.15, 0.2) is 11.5 Å². The van der Waals surface area contributed by atoms with Gasteiger partial charge in [-0.3, -0.25) is 4.98 Å². The number of pyridine rings is 1. The van der Waals surface area contributed by atoms with E-state index in [0.717, 1.165) is 31.2 Å².